The highest BCUT2D eigenvalue weighted by Gasteiger charge is 2.17. The van der Waals surface area contributed by atoms with E-state index in [0.29, 0.717) is 27.5 Å². The van der Waals surface area contributed by atoms with Gasteiger partial charge in [-0.2, -0.15) is 4.98 Å². The molecule has 0 unspecified atom stereocenters. The van der Waals surface area contributed by atoms with E-state index in [-0.39, 0.29) is 30.7 Å². The molecular formula is C18H26BrN5O4S. The average molecular weight is 488 g/mol. The first-order valence-corrected chi connectivity index (χ1v) is 11.3. The van der Waals surface area contributed by atoms with Gasteiger partial charge in [0, 0.05) is 25.5 Å². The maximum Gasteiger partial charge on any atom is 0.240 e. The molecule has 0 saturated heterocycles. The number of nitrogens with one attached hydrogen (secondary N) is 3. The number of methoxy groups -OCH3 is 1. The van der Waals surface area contributed by atoms with Gasteiger partial charge < -0.3 is 20.5 Å². The molecule has 0 bridgehead atoms. The van der Waals surface area contributed by atoms with Crippen molar-refractivity contribution in [2.45, 2.75) is 31.2 Å². The minimum Gasteiger partial charge on any atom is -0.394 e. The predicted molar refractivity (Wildman–Crippen MR) is 116 cm³/mol. The van der Waals surface area contributed by atoms with Gasteiger partial charge >= 0.3 is 0 Å². The molecule has 0 saturated carbocycles. The van der Waals surface area contributed by atoms with Gasteiger partial charge in [-0.1, -0.05) is 13.0 Å². The number of sulfonamides is 1. The van der Waals surface area contributed by atoms with Gasteiger partial charge in [0.1, 0.15) is 5.82 Å². The zero-order valence-electron chi connectivity index (χ0n) is 16.6. The maximum atomic E-state index is 12.6. The largest absolute Gasteiger partial charge is 0.394 e. The molecular weight excluding hydrogens is 462 g/mol. The van der Waals surface area contributed by atoms with Gasteiger partial charge in [-0.05, 0) is 47.0 Å². The molecule has 2 aromatic rings. The fraction of sp³-hybridized carbons (Fsp3) is 0.444. The fourth-order valence-corrected chi connectivity index (χ4v) is 4.04. The number of aromatic nitrogens is 2. The summed E-state index contributed by atoms with van der Waals surface area (Å²) < 4.78 is 33.2. The van der Waals surface area contributed by atoms with Crippen LogP contribution in [-0.4, -0.2) is 56.4 Å². The van der Waals surface area contributed by atoms with Gasteiger partial charge in [0.2, 0.25) is 16.0 Å². The van der Waals surface area contributed by atoms with Crippen LogP contribution in [0.1, 0.15) is 18.9 Å². The van der Waals surface area contributed by atoms with E-state index in [4.69, 9.17) is 4.74 Å². The molecule has 1 heterocycles. The van der Waals surface area contributed by atoms with Crippen molar-refractivity contribution in [3.63, 3.8) is 0 Å². The van der Waals surface area contributed by atoms with E-state index in [9.17, 15) is 13.5 Å². The SMILES string of the molecule is CC[C@H](CO)Nc1nc(Nc2ccc(C)c(S(=O)(=O)NCCOC)c2)ncc1Br. The molecule has 11 heteroatoms. The van der Waals surface area contributed by atoms with Gasteiger partial charge in [0.05, 0.1) is 28.6 Å². The Morgan fingerprint density at radius 2 is 2.10 bits per heavy atom. The van der Waals surface area contributed by atoms with Gasteiger partial charge in [-0.25, -0.2) is 18.1 Å². The second-order valence-corrected chi connectivity index (χ2v) is 8.91. The summed E-state index contributed by atoms with van der Waals surface area (Å²) >= 11 is 3.39. The summed E-state index contributed by atoms with van der Waals surface area (Å²) in [6.07, 6.45) is 2.31. The summed E-state index contributed by atoms with van der Waals surface area (Å²) in [4.78, 5) is 8.79. The number of ether oxygens (including phenoxy) is 1. The smallest absolute Gasteiger partial charge is 0.240 e. The number of hydrogen-bond acceptors (Lipinski definition) is 8. The Balaban J connectivity index is 2.24. The molecule has 0 aliphatic carbocycles. The van der Waals surface area contributed by atoms with Gasteiger partial charge in [-0.15, -0.1) is 0 Å². The van der Waals surface area contributed by atoms with Crippen LogP contribution in [-0.2, 0) is 14.8 Å². The van der Waals surface area contributed by atoms with Gasteiger partial charge in [0.25, 0.3) is 0 Å². The molecule has 0 radical (unpaired) electrons. The lowest BCUT2D eigenvalue weighted by molar-refractivity contribution is 0.204. The third-order valence-electron chi connectivity index (χ3n) is 4.13. The molecule has 1 aromatic heterocycles. The lowest BCUT2D eigenvalue weighted by Crippen LogP contribution is -2.27. The average Bonchev–Trinajstić information content (AvgIpc) is 2.69. The number of aliphatic hydroxyl groups is 1. The number of nitrogens with zero attached hydrogens (tertiary/aromatic N) is 2. The van der Waals surface area contributed by atoms with Crippen molar-refractivity contribution < 1.29 is 18.3 Å². The van der Waals surface area contributed by atoms with E-state index in [0.717, 1.165) is 6.42 Å². The second-order valence-electron chi connectivity index (χ2n) is 6.32. The number of benzene rings is 1. The van der Waals surface area contributed by atoms with E-state index < -0.39 is 10.0 Å². The van der Waals surface area contributed by atoms with E-state index in [1.54, 1.807) is 25.3 Å². The molecule has 29 heavy (non-hydrogen) atoms. The number of aryl methyl sites for hydroxylation is 1. The summed E-state index contributed by atoms with van der Waals surface area (Å²) in [6, 6.07) is 4.86. The third kappa shape index (κ3) is 6.61. The fourth-order valence-electron chi connectivity index (χ4n) is 2.45. The van der Waals surface area contributed by atoms with Crippen LogP contribution in [0.4, 0.5) is 17.5 Å². The summed E-state index contributed by atoms with van der Waals surface area (Å²) in [5.41, 5.74) is 1.15. The van der Waals surface area contributed by atoms with Crippen LogP contribution in [0.15, 0.2) is 33.8 Å². The van der Waals surface area contributed by atoms with Crippen molar-refractivity contribution in [3.8, 4) is 0 Å². The standard InChI is InChI=1S/C18H26BrN5O4S/c1-4-13(11-25)22-17-15(19)10-20-18(24-17)23-14-6-5-12(2)16(9-14)29(26,27)21-7-8-28-3/h5-6,9-10,13,21,25H,4,7-8,11H2,1-3H3,(H2,20,22,23,24)/t13-/m1/s1. The summed E-state index contributed by atoms with van der Waals surface area (Å²) in [7, 11) is -2.17. The lowest BCUT2D eigenvalue weighted by Gasteiger charge is -2.16. The molecule has 4 N–H and O–H groups in total. The lowest BCUT2D eigenvalue weighted by atomic mass is 10.2. The minimum absolute atomic E-state index is 0.0229. The van der Waals surface area contributed by atoms with Crippen LogP contribution in [0, 0.1) is 6.92 Å². The molecule has 1 aromatic carbocycles. The van der Waals surface area contributed by atoms with Crippen LogP contribution in [0.25, 0.3) is 0 Å². The molecule has 2 rings (SSSR count). The predicted octanol–water partition coefficient (Wildman–Crippen LogP) is 2.40. The van der Waals surface area contributed by atoms with Crippen molar-refractivity contribution in [2.24, 2.45) is 0 Å². The zero-order chi connectivity index (χ0) is 21.4. The van der Waals surface area contributed by atoms with Gasteiger partial charge in [-0.3, -0.25) is 0 Å². The molecule has 0 amide bonds. The van der Waals surface area contributed by atoms with Crippen LogP contribution < -0.4 is 15.4 Å². The molecule has 0 spiro atoms. The number of rotatable bonds is 11. The van der Waals surface area contributed by atoms with E-state index in [1.165, 1.54) is 13.2 Å². The van der Waals surface area contributed by atoms with Crippen molar-refractivity contribution in [1.82, 2.24) is 14.7 Å². The number of halogens is 1. The first-order valence-electron chi connectivity index (χ1n) is 9.07. The molecule has 0 aliphatic rings. The van der Waals surface area contributed by atoms with E-state index in [1.807, 2.05) is 6.92 Å². The van der Waals surface area contributed by atoms with Crippen molar-refractivity contribution in [2.75, 3.05) is 37.5 Å². The topological polar surface area (TPSA) is 125 Å². The Hall–Kier alpha value is -1.79. The Morgan fingerprint density at radius 1 is 1.34 bits per heavy atom. The summed E-state index contributed by atoms with van der Waals surface area (Å²) in [5, 5.41) is 15.6. The summed E-state index contributed by atoms with van der Waals surface area (Å²) in [6.45, 7) is 4.13. The van der Waals surface area contributed by atoms with E-state index >= 15 is 0 Å². The first kappa shape index (κ1) is 23.5. The first-order chi connectivity index (χ1) is 13.8. The van der Waals surface area contributed by atoms with Crippen LogP contribution in [0.5, 0.6) is 0 Å². The van der Waals surface area contributed by atoms with Crippen LogP contribution in [0.2, 0.25) is 0 Å². The highest BCUT2D eigenvalue weighted by molar-refractivity contribution is 9.10. The van der Waals surface area contributed by atoms with Gasteiger partial charge in [0.15, 0.2) is 0 Å². The van der Waals surface area contributed by atoms with E-state index in [2.05, 4.69) is 41.3 Å². The van der Waals surface area contributed by atoms with Crippen LogP contribution in [0.3, 0.4) is 0 Å². The number of aliphatic hydroxyl groups excluding tert-OH is 1. The normalized spacial score (nSPS) is 12.6. The van der Waals surface area contributed by atoms with Crippen molar-refractivity contribution in [1.29, 1.82) is 0 Å². The maximum absolute atomic E-state index is 12.6. The van der Waals surface area contributed by atoms with Crippen molar-refractivity contribution >= 4 is 43.4 Å². The number of anilines is 3. The Bertz CT molecular complexity index is 922. The summed E-state index contributed by atoms with van der Waals surface area (Å²) in [5.74, 6) is 0.827. The Kier molecular flexibility index (Phi) is 8.78. The molecule has 9 nitrogen and oxygen atoms in total. The molecule has 160 valence electrons. The zero-order valence-corrected chi connectivity index (χ0v) is 19.0. The highest BCUT2D eigenvalue weighted by Crippen LogP contribution is 2.25. The highest BCUT2D eigenvalue weighted by atomic mass is 79.9. The minimum atomic E-state index is -3.67. The monoisotopic (exact) mass is 487 g/mol. The van der Waals surface area contributed by atoms with Crippen LogP contribution >= 0.6 is 15.9 Å². The molecule has 0 aliphatic heterocycles. The van der Waals surface area contributed by atoms with Crippen molar-refractivity contribution in [3.05, 3.63) is 34.4 Å². The second kappa shape index (κ2) is 10.8. The Morgan fingerprint density at radius 3 is 2.76 bits per heavy atom. The Labute approximate surface area is 179 Å². The molecule has 0 fully saturated rings. The molecule has 1 atom stereocenters. The quantitative estimate of drug-likeness (QED) is 0.356. The third-order valence-corrected chi connectivity index (χ3v) is 6.31. The number of hydrogen-bond donors (Lipinski definition) is 4.